The maximum Gasteiger partial charge on any atom is 0.326 e. The van der Waals surface area contributed by atoms with Crippen molar-refractivity contribution in [3.8, 4) is 17.2 Å². The first-order valence-corrected chi connectivity index (χ1v) is 11.7. The van der Waals surface area contributed by atoms with Gasteiger partial charge in [-0.1, -0.05) is 12.1 Å². The van der Waals surface area contributed by atoms with E-state index < -0.39 is 23.3 Å². The van der Waals surface area contributed by atoms with Crippen molar-refractivity contribution in [2.45, 2.75) is 51.7 Å². The van der Waals surface area contributed by atoms with Crippen molar-refractivity contribution >= 4 is 17.8 Å². The molecule has 4 rings (SSSR count). The molecule has 2 heterocycles. The van der Waals surface area contributed by atoms with E-state index in [1.807, 2.05) is 6.07 Å². The molecule has 1 atom stereocenters. The molecule has 36 heavy (non-hydrogen) atoms. The molecule has 1 aliphatic heterocycles. The molecule has 0 radical (unpaired) electrons. The van der Waals surface area contributed by atoms with Crippen molar-refractivity contribution in [1.82, 2.24) is 9.88 Å². The third kappa shape index (κ3) is 4.95. The highest BCUT2D eigenvalue weighted by Gasteiger charge is 2.41. The van der Waals surface area contributed by atoms with Crippen LogP contribution in [0.3, 0.4) is 0 Å². The Balaban J connectivity index is 1.47. The number of rotatable bonds is 8. The van der Waals surface area contributed by atoms with Gasteiger partial charge in [0.05, 0.1) is 5.41 Å². The van der Waals surface area contributed by atoms with E-state index in [9.17, 15) is 19.5 Å². The van der Waals surface area contributed by atoms with E-state index in [0.717, 1.165) is 5.56 Å². The summed E-state index contributed by atoms with van der Waals surface area (Å²) in [6, 6.07) is 13.1. The summed E-state index contributed by atoms with van der Waals surface area (Å²) in [5.41, 5.74) is 6.82. The molecule has 0 aliphatic carbocycles. The topological polar surface area (TPSA) is 136 Å². The maximum atomic E-state index is 13.3. The van der Waals surface area contributed by atoms with Gasteiger partial charge in [0, 0.05) is 17.7 Å². The Bertz CT molecular complexity index is 1300. The second-order valence-corrected chi connectivity index (χ2v) is 9.40. The van der Waals surface area contributed by atoms with Gasteiger partial charge >= 0.3 is 5.97 Å². The minimum absolute atomic E-state index is 0.153. The molecule has 9 heteroatoms. The third-order valence-corrected chi connectivity index (χ3v) is 6.57. The molecule has 9 nitrogen and oxygen atoms in total. The van der Waals surface area contributed by atoms with Crippen LogP contribution in [0.2, 0.25) is 0 Å². The smallest absolute Gasteiger partial charge is 0.326 e. The fraction of sp³-hybridized carbons (Fsp3) is 0.333. The normalized spacial score (nSPS) is 15.6. The van der Waals surface area contributed by atoms with Crippen LogP contribution < -0.4 is 10.5 Å². The largest absolute Gasteiger partial charge is 0.487 e. The number of aliphatic carboxylic acids is 1. The van der Waals surface area contributed by atoms with Crippen LogP contribution in [0.5, 0.6) is 5.75 Å². The number of carboxylic acid groups (broad SMARTS) is 1. The van der Waals surface area contributed by atoms with Crippen molar-refractivity contribution in [3.05, 3.63) is 71.1 Å². The van der Waals surface area contributed by atoms with Crippen molar-refractivity contribution in [2.24, 2.45) is 5.73 Å². The van der Waals surface area contributed by atoms with Crippen LogP contribution in [0, 0.1) is 6.92 Å². The molecule has 0 saturated carbocycles. The van der Waals surface area contributed by atoms with Crippen LogP contribution in [-0.2, 0) is 21.6 Å². The summed E-state index contributed by atoms with van der Waals surface area (Å²) >= 11 is 0. The number of carbonyl (C=O) groups excluding carboxylic acids is 2. The van der Waals surface area contributed by atoms with E-state index in [-0.39, 0.29) is 12.5 Å². The summed E-state index contributed by atoms with van der Waals surface area (Å²) in [5.74, 6) is -0.137. The molecule has 1 fully saturated rings. The van der Waals surface area contributed by atoms with E-state index >= 15 is 0 Å². The Morgan fingerprint density at radius 2 is 1.92 bits per heavy atom. The second-order valence-electron chi connectivity index (χ2n) is 9.40. The lowest BCUT2D eigenvalue weighted by atomic mass is 9.83. The zero-order valence-corrected chi connectivity index (χ0v) is 20.5. The Hall–Kier alpha value is -4.14. The lowest BCUT2D eigenvalue weighted by molar-refractivity contribution is -0.150. The lowest BCUT2D eigenvalue weighted by Crippen LogP contribution is -2.48. The standard InChI is InChI=1S/C27H29N3O6/c1-16-21(29-24(36-16)18-11-9-17(10-12-18)23(28)31)15-35-20-7-4-6-19(14-20)27(2,3)26(34)30-13-5-8-22(30)25(32)33/h4,6-7,9-12,14,22H,5,8,13,15H2,1-3H3,(H2,28,31)(H,32,33)/t22-/m1/s1. The number of hydrogen-bond donors (Lipinski definition) is 2. The second kappa shape index (κ2) is 9.85. The number of nitrogens with two attached hydrogens (primary N) is 1. The first kappa shape index (κ1) is 25.0. The summed E-state index contributed by atoms with van der Waals surface area (Å²) in [5, 5.41) is 9.48. The predicted octanol–water partition coefficient (Wildman–Crippen LogP) is 3.68. The summed E-state index contributed by atoms with van der Waals surface area (Å²) < 4.78 is 11.8. The number of carbonyl (C=O) groups is 3. The fourth-order valence-electron chi connectivity index (χ4n) is 4.34. The molecule has 1 saturated heterocycles. The van der Waals surface area contributed by atoms with Crippen LogP contribution in [0.1, 0.15) is 54.1 Å². The van der Waals surface area contributed by atoms with Gasteiger partial charge in [0.15, 0.2) is 0 Å². The molecule has 2 amide bonds. The number of hydrogen-bond acceptors (Lipinski definition) is 6. The quantitative estimate of drug-likeness (QED) is 0.490. The Morgan fingerprint density at radius 3 is 2.58 bits per heavy atom. The summed E-state index contributed by atoms with van der Waals surface area (Å²) in [4.78, 5) is 42.1. The van der Waals surface area contributed by atoms with Crippen molar-refractivity contribution in [2.75, 3.05) is 6.54 Å². The van der Waals surface area contributed by atoms with Gasteiger partial charge in [-0.05, 0) is 75.6 Å². The number of aromatic nitrogens is 1. The molecule has 1 aliphatic rings. The molecule has 1 aromatic heterocycles. The molecule has 0 bridgehead atoms. The average Bonchev–Trinajstić information content (AvgIpc) is 3.49. The Morgan fingerprint density at radius 1 is 1.19 bits per heavy atom. The Kier molecular flexibility index (Phi) is 6.83. The number of ether oxygens (including phenoxy) is 1. The fourth-order valence-corrected chi connectivity index (χ4v) is 4.34. The molecule has 188 valence electrons. The summed E-state index contributed by atoms with van der Waals surface area (Å²) in [7, 11) is 0. The lowest BCUT2D eigenvalue weighted by Gasteiger charge is -2.32. The molecule has 2 aromatic carbocycles. The number of amides is 2. The first-order valence-electron chi connectivity index (χ1n) is 11.7. The number of primary amides is 1. The van der Waals surface area contributed by atoms with Gasteiger partial charge in [0.1, 0.15) is 29.9 Å². The van der Waals surface area contributed by atoms with Crippen LogP contribution in [0.4, 0.5) is 0 Å². The maximum absolute atomic E-state index is 13.3. The zero-order chi connectivity index (χ0) is 26.0. The number of aryl methyl sites for hydroxylation is 1. The van der Waals surface area contributed by atoms with Crippen molar-refractivity contribution in [1.29, 1.82) is 0 Å². The number of benzene rings is 2. The van der Waals surface area contributed by atoms with Gasteiger partial charge in [0.2, 0.25) is 17.7 Å². The molecular formula is C27H29N3O6. The Labute approximate surface area is 208 Å². The SMILES string of the molecule is Cc1oc(-c2ccc(C(N)=O)cc2)nc1COc1cccc(C(C)(C)C(=O)N2CCC[C@@H]2C(=O)O)c1. The summed E-state index contributed by atoms with van der Waals surface area (Å²) in [6.07, 6.45) is 1.14. The monoisotopic (exact) mass is 491 g/mol. The van der Waals surface area contributed by atoms with E-state index in [1.54, 1.807) is 63.2 Å². The number of nitrogens with zero attached hydrogens (tertiary/aromatic N) is 2. The predicted molar refractivity (Wildman–Crippen MR) is 131 cm³/mol. The highest BCUT2D eigenvalue weighted by molar-refractivity contribution is 5.93. The van der Waals surface area contributed by atoms with Crippen molar-refractivity contribution < 1.29 is 28.6 Å². The van der Waals surface area contributed by atoms with Gasteiger partial charge in [-0.2, -0.15) is 0 Å². The third-order valence-electron chi connectivity index (χ3n) is 6.57. The van der Waals surface area contributed by atoms with Crippen LogP contribution in [0.25, 0.3) is 11.5 Å². The highest BCUT2D eigenvalue weighted by atomic mass is 16.5. The average molecular weight is 492 g/mol. The van der Waals surface area contributed by atoms with E-state index in [2.05, 4.69) is 4.98 Å². The first-order chi connectivity index (χ1) is 17.1. The molecule has 3 N–H and O–H groups in total. The van der Waals surface area contributed by atoms with Gasteiger partial charge in [-0.15, -0.1) is 0 Å². The molecule has 0 unspecified atom stereocenters. The van der Waals surface area contributed by atoms with Gasteiger partial charge in [-0.3, -0.25) is 9.59 Å². The van der Waals surface area contributed by atoms with Gasteiger partial charge in [-0.25, -0.2) is 9.78 Å². The zero-order valence-electron chi connectivity index (χ0n) is 20.5. The van der Waals surface area contributed by atoms with Crippen LogP contribution in [0.15, 0.2) is 52.9 Å². The van der Waals surface area contributed by atoms with E-state index in [4.69, 9.17) is 14.9 Å². The van der Waals surface area contributed by atoms with Crippen LogP contribution in [-0.4, -0.2) is 45.4 Å². The number of carboxylic acids is 1. The summed E-state index contributed by atoms with van der Waals surface area (Å²) in [6.45, 7) is 5.97. The van der Waals surface area contributed by atoms with E-state index in [1.165, 1.54) is 4.90 Å². The molecule has 0 spiro atoms. The minimum atomic E-state index is -0.972. The highest BCUT2D eigenvalue weighted by Crippen LogP contribution is 2.32. The van der Waals surface area contributed by atoms with Crippen LogP contribution >= 0.6 is 0 Å². The van der Waals surface area contributed by atoms with Gasteiger partial charge < -0.3 is 24.9 Å². The van der Waals surface area contributed by atoms with E-state index in [0.29, 0.717) is 53.6 Å². The molecular weight excluding hydrogens is 462 g/mol. The molecule has 3 aromatic rings. The minimum Gasteiger partial charge on any atom is -0.487 e. The van der Waals surface area contributed by atoms with Gasteiger partial charge in [0.25, 0.3) is 0 Å². The number of oxazole rings is 1. The van der Waals surface area contributed by atoms with Crippen molar-refractivity contribution in [3.63, 3.8) is 0 Å². The number of likely N-dealkylation sites (tertiary alicyclic amines) is 1.